The standard InChI is InChI=1S/C34H50N2O2/c1-4-25-22-34-29-14-13-27(32(29,3)18-15-30(34)33(34)17-7-5-12-28(25)33)11-9-21-38-31(37)36-20-16-26-23-35-19-8-6-10-24(26)2/h6,8,10,19,23,25,27-30,35H,2,4-5,7,9,11-18,20-22H2,1,3H3,(H,36,37)/b10-6-,19-8-,26-23?/t25-,27?,28?,29?,30+,32?,33?,34?/m0/s1. The third kappa shape index (κ3) is 3.94. The van der Waals surface area contributed by atoms with Crippen LogP contribution in [0.5, 0.6) is 0 Å². The van der Waals surface area contributed by atoms with Crippen LogP contribution in [0.15, 0.2) is 48.4 Å². The number of rotatable bonds is 8. The highest BCUT2D eigenvalue weighted by molar-refractivity contribution is 5.67. The van der Waals surface area contributed by atoms with E-state index in [2.05, 4.69) is 31.1 Å². The lowest BCUT2D eigenvalue weighted by Crippen LogP contribution is -2.39. The van der Waals surface area contributed by atoms with Crippen LogP contribution in [-0.2, 0) is 4.74 Å². The molecule has 6 aliphatic rings. The van der Waals surface area contributed by atoms with Gasteiger partial charge in [0.25, 0.3) is 0 Å². The number of fused-ring (bicyclic) bond motifs is 1. The molecule has 208 valence electrons. The van der Waals surface area contributed by atoms with Gasteiger partial charge in [0, 0.05) is 18.9 Å². The maximum Gasteiger partial charge on any atom is 0.407 e. The number of hydrogen-bond acceptors (Lipinski definition) is 3. The summed E-state index contributed by atoms with van der Waals surface area (Å²) < 4.78 is 5.59. The number of hydrogen-bond donors (Lipinski definition) is 2. The Bertz CT molecular complexity index is 1030. The highest BCUT2D eigenvalue weighted by Gasteiger charge is 2.86. The molecule has 4 nitrogen and oxygen atoms in total. The van der Waals surface area contributed by atoms with Crippen molar-refractivity contribution in [3.8, 4) is 0 Å². The molecule has 0 saturated heterocycles. The summed E-state index contributed by atoms with van der Waals surface area (Å²) >= 11 is 0. The fraction of sp³-hybridized carbons (Fsp3) is 0.735. The molecule has 4 heteroatoms. The maximum atomic E-state index is 12.3. The molecule has 0 aromatic heterocycles. The molecular weight excluding hydrogens is 468 g/mol. The van der Waals surface area contributed by atoms with E-state index in [9.17, 15) is 4.79 Å². The molecule has 6 rings (SSSR count). The molecule has 5 aliphatic carbocycles. The highest BCUT2D eigenvalue weighted by Crippen LogP contribution is 2.92. The van der Waals surface area contributed by atoms with E-state index in [0.29, 0.717) is 24.0 Å². The lowest BCUT2D eigenvalue weighted by molar-refractivity contribution is 0.0257. The maximum absolute atomic E-state index is 12.3. The summed E-state index contributed by atoms with van der Waals surface area (Å²) in [6, 6.07) is 0. The van der Waals surface area contributed by atoms with Crippen LogP contribution in [0.25, 0.3) is 0 Å². The van der Waals surface area contributed by atoms with Crippen molar-refractivity contribution < 1.29 is 9.53 Å². The van der Waals surface area contributed by atoms with Crippen LogP contribution in [0.4, 0.5) is 4.79 Å². The van der Waals surface area contributed by atoms with Crippen LogP contribution in [0.2, 0.25) is 0 Å². The molecule has 0 aromatic carbocycles. The first kappa shape index (κ1) is 26.3. The first-order chi connectivity index (χ1) is 18.5. The minimum absolute atomic E-state index is 0.291. The van der Waals surface area contributed by atoms with Gasteiger partial charge in [0.1, 0.15) is 0 Å². The number of nitrogens with one attached hydrogen (secondary N) is 2. The first-order valence-electron chi connectivity index (χ1n) is 15.9. The summed E-state index contributed by atoms with van der Waals surface area (Å²) in [4.78, 5) is 12.3. The Morgan fingerprint density at radius 2 is 2.03 bits per heavy atom. The number of carbonyl (C=O) groups is 1. The van der Waals surface area contributed by atoms with Crippen LogP contribution >= 0.6 is 0 Å². The molecule has 0 aromatic rings. The van der Waals surface area contributed by atoms with Crippen molar-refractivity contribution in [1.82, 2.24) is 10.6 Å². The predicted octanol–water partition coefficient (Wildman–Crippen LogP) is 8.05. The Hall–Kier alpha value is -1.97. The van der Waals surface area contributed by atoms with Crippen molar-refractivity contribution in [3.05, 3.63) is 48.4 Å². The minimum Gasteiger partial charge on any atom is -0.450 e. The third-order valence-corrected chi connectivity index (χ3v) is 12.7. The van der Waals surface area contributed by atoms with Gasteiger partial charge in [0.15, 0.2) is 0 Å². The number of alkyl carbamates (subject to hydrolysis) is 1. The Morgan fingerprint density at radius 1 is 1.13 bits per heavy atom. The second-order valence-corrected chi connectivity index (χ2v) is 13.8. The number of carbonyl (C=O) groups excluding carboxylic acids is 1. The molecule has 1 aliphatic heterocycles. The smallest absolute Gasteiger partial charge is 0.407 e. The zero-order chi connectivity index (χ0) is 26.4. The molecule has 5 fully saturated rings. The van der Waals surface area contributed by atoms with E-state index in [4.69, 9.17) is 4.74 Å². The minimum atomic E-state index is -0.291. The van der Waals surface area contributed by atoms with Crippen molar-refractivity contribution in [2.75, 3.05) is 13.2 Å². The molecule has 8 atom stereocenters. The second-order valence-electron chi connectivity index (χ2n) is 13.8. The summed E-state index contributed by atoms with van der Waals surface area (Å²) in [5.74, 6) is 4.88. The molecule has 2 spiro atoms. The summed E-state index contributed by atoms with van der Waals surface area (Å²) in [6.07, 6.45) is 27.2. The fourth-order valence-electron chi connectivity index (χ4n) is 11.4. The first-order valence-corrected chi connectivity index (χ1v) is 15.9. The van der Waals surface area contributed by atoms with Gasteiger partial charge >= 0.3 is 6.09 Å². The molecule has 0 bridgehead atoms. The van der Waals surface area contributed by atoms with Gasteiger partial charge in [-0.15, -0.1) is 0 Å². The quantitative estimate of drug-likeness (QED) is 0.320. The Kier molecular flexibility index (Phi) is 7.06. The molecule has 5 saturated carbocycles. The SMILES string of the molecule is C=C1/C=C\C=C/NC=C1CCNC(=O)OCCCC1CCC2C1(C)CC[C@@H]1C34CCCCC3[C@@H](CC)CC214. The molecule has 1 amide bonds. The molecule has 0 radical (unpaired) electrons. The van der Waals surface area contributed by atoms with Gasteiger partial charge in [0.2, 0.25) is 0 Å². The van der Waals surface area contributed by atoms with Gasteiger partial charge in [-0.05, 0) is 127 Å². The van der Waals surface area contributed by atoms with Crippen molar-refractivity contribution >= 4 is 6.09 Å². The summed E-state index contributed by atoms with van der Waals surface area (Å²) in [7, 11) is 0. The summed E-state index contributed by atoms with van der Waals surface area (Å²) in [5.41, 5.74) is 4.02. The van der Waals surface area contributed by atoms with Crippen LogP contribution in [-0.4, -0.2) is 19.2 Å². The number of allylic oxidation sites excluding steroid dienone is 4. The number of ether oxygens (including phenoxy) is 1. The second kappa shape index (κ2) is 10.2. The van der Waals surface area contributed by atoms with Gasteiger partial charge in [-0.2, -0.15) is 0 Å². The van der Waals surface area contributed by atoms with Gasteiger partial charge < -0.3 is 15.4 Å². The van der Waals surface area contributed by atoms with Crippen molar-refractivity contribution in [3.63, 3.8) is 0 Å². The van der Waals surface area contributed by atoms with Gasteiger partial charge in [-0.1, -0.05) is 51.8 Å². The summed E-state index contributed by atoms with van der Waals surface area (Å²) in [5, 5.41) is 6.06. The lowest BCUT2D eigenvalue weighted by atomic mass is 9.59. The third-order valence-electron chi connectivity index (χ3n) is 12.7. The van der Waals surface area contributed by atoms with E-state index >= 15 is 0 Å². The monoisotopic (exact) mass is 518 g/mol. The van der Waals surface area contributed by atoms with E-state index in [0.717, 1.165) is 59.0 Å². The molecule has 2 N–H and O–H groups in total. The van der Waals surface area contributed by atoms with E-state index in [1.165, 1.54) is 57.8 Å². The van der Waals surface area contributed by atoms with E-state index < -0.39 is 0 Å². The van der Waals surface area contributed by atoms with Gasteiger partial charge in [-0.25, -0.2) is 4.79 Å². The van der Waals surface area contributed by atoms with Crippen molar-refractivity contribution in [1.29, 1.82) is 0 Å². The normalized spacial score (nSPS) is 44.2. The van der Waals surface area contributed by atoms with E-state index in [1.54, 1.807) is 12.8 Å². The van der Waals surface area contributed by atoms with Crippen LogP contribution in [0.1, 0.15) is 97.3 Å². The average Bonchev–Trinajstić information content (AvgIpc) is 3.14. The van der Waals surface area contributed by atoms with Gasteiger partial charge in [-0.3, -0.25) is 0 Å². The lowest BCUT2D eigenvalue weighted by Gasteiger charge is -2.46. The zero-order valence-corrected chi connectivity index (χ0v) is 23.9. The Balaban J connectivity index is 0.979. The molecule has 38 heavy (non-hydrogen) atoms. The average molecular weight is 519 g/mol. The van der Waals surface area contributed by atoms with E-state index in [1.807, 2.05) is 30.6 Å². The zero-order valence-electron chi connectivity index (χ0n) is 23.9. The van der Waals surface area contributed by atoms with Crippen LogP contribution in [0, 0.1) is 45.8 Å². The highest BCUT2D eigenvalue weighted by atomic mass is 16.5. The molecule has 6 unspecified atom stereocenters. The van der Waals surface area contributed by atoms with Crippen LogP contribution in [0.3, 0.4) is 0 Å². The van der Waals surface area contributed by atoms with Crippen molar-refractivity contribution in [2.45, 2.75) is 97.3 Å². The summed E-state index contributed by atoms with van der Waals surface area (Å²) in [6.45, 7) is 10.3. The van der Waals surface area contributed by atoms with Crippen LogP contribution < -0.4 is 10.6 Å². The molecule has 1 heterocycles. The van der Waals surface area contributed by atoms with E-state index in [-0.39, 0.29) is 6.09 Å². The van der Waals surface area contributed by atoms with Gasteiger partial charge in [0.05, 0.1) is 6.61 Å². The van der Waals surface area contributed by atoms with Crippen molar-refractivity contribution in [2.24, 2.45) is 45.8 Å². The molecular formula is C34H50N2O2. The largest absolute Gasteiger partial charge is 0.450 e. The Labute approximate surface area is 230 Å². The fourth-order valence-corrected chi connectivity index (χ4v) is 11.4. The Morgan fingerprint density at radius 3 is 2.89 bits per heavy atom. The predicted molar refractivity (Wildman–Crippen MR) is 154 cm³/mol. The number of amides is 1. The topological polar surface area (TPSA) is 50.4 Å².